The maximum atomic E-state index is 13.0. The third kappa shape index (κ3) is 2.89. The molecule has 0 saturated heterocycles. The number of hydrogen-bond donors (Lipinski definition) is 0. The summed E-state index contributed by atoms with van der Waals surface area (Å²) in [6, 6.07) is 14.2. The number of para-hydroxylation sites is 1. The van der Waals surface area contributed by atoms with Crippen LogP contribution in [-0.2, 0) is 0 Å². The van der Waals surface area contributed by atoms with E-state index in [2.05, 4.69) is 11.8 Å². The van der Waals surface area contributed by atoms with E-state index in [1.54, 1.807) is 12.1 Å². The van der Waals surface area contributed by atoms with Gasteiger partial charge in [0, 0.05) is 25.2 Å². The molecule has 0 bridgehead atoms. The Hall–Kier alpha value is -2.27. The molecule has 0 aromatic heterocycles. The maximum absolute atomic E-state index is 13.0. The minimum absolute atomic E-state index is 0.261. The van der Waals surface area contributed by atoms with Crippen molar-refractivity contribution < 1.29 is 4.39 Å². The Morgan fingerprint density at radius 2 is 1.72 bits per heavy atom. The lowest BCUT2D eigenvalue weighted by Crippen LogP contribution is -2.09. The van der Waals surface area contributed by atoms with E-state index < -0.39 is 0 Å². The first-order valence-corrected chi connectivity index (χ1v) is 5.71. The molecule has 1 nitrogen and oxygen atoms in total. The van der Waals surface area contributed by atoms with E-state index in [4.69, 9.17) is 0 Å². The molecular weight excluding hydrogens is 225 g/mol. The van der Waals surface area contributed by atoms with Gasteiger partial charge in [-0.2, -0.15) is 0 Å². The van der Waals surface area contributed by atoms with Crippen molar-refractivity contribution in [1.29, 1.82) is 0 Å². The van der Waals surface area contributed by atoms with E-state index in [-0.39, 0.29) is 5.82 Å². The summed E-state index contributed by atoms with van der Waals surface area (Å²) in [6.45, 7) is 0. The molecule has 0 aliphatic carbocycles. The lowest BCUT2D eigenvalue weighted by atomic mass is 10.1. The smallest absolute Gasteiger partial charge is 0.124 e. The highest BCUT2D eigenvalue weighted by molar-refractivity contribution is 5.61. The Morgan fingerprint density at radius 1 is 0.944 bits per heavy atom. The highest BCUT2D eigenvalue weighted by atomic mass is 19.1. The standard InChI is InChI=1S/C16H14FN/c1-18(2)16-9-4-3-7-14(16)11-10-13-6-5-8-15(17)12-13/h3-9,12H,1-2H3. The minimum atomic E-state index is -0.261. The van der Waals surface area contributed by atoms with Crippen LogP contribution in [0.3, 0.4) is 0 Å². The number of nitrogens with zero attached hydrogens (tertiary/aromatic N) is 1. The second-order valence-corrected chi connectivity index (χ2v) is 4.17. The van der Waals surface area contributed by atoms with Crippen molar-refractivity contribution in [3.8, 4) is 11.8 Å². The molecule has 0 atom stereocenters. The van der Waals surface area contributed by atoms with Crippen molar-refractivity contribution in [2.75, 3.05) is 19.0 Å². The molecule has 0 unspecified atom stereocenters. The van der Waals surface area contributed by atoms with Crippen LogP contribution in [0.1, 0.15) is 11.1 Å². The zero-order valence-electron chi connectivity index (χ0n) is 10.4. The molecule has 0 amide bonds. The number of anilines is 1. The van der Waals surface area contributed by atoms with E-state index in [1.807, 2.05) is 43.3 Å². The van der Waals surface area contributed by atoms with Crippen molar-refractivity contribution in [1.82, 2.24) is 0 Å². The van der Waals surface area contributed by atoms with Gasteiger partial charge in [-0.25, -0.2) is 4.39 Å². The first-order valence-electron chi connectivity index (χ1n) is 5.71. The molecule has 0 aliphatic heterocycles. The summed E-state index contributed by atoms with van der Waals surface area (Å²) in [4.78, 5) is 2.01. The molecule has 0 N–H and O–H groups in total. The van der Waals surface area contributed by atoms with Gasteiger partial charge >= 0.3 is 0 Å². The third-order valence-electron chi connectivity index (χ3n) is 2.55. The molecule has 2 aromatic rings. The molecule has 2 heteroatoms. The monoisotopic (exact) mass is 239 g/mol. The Kier molecular flexibility index (Phi) is 3.64. The summed E-state index contributed by atoms with van der Waals surface area (Å²) < 4.78 is 13.0. The molecule has 0 heterocycles. The van der Waals surface area contributed by atoms with Crippen LogP contribution in [0.25, 0.3) is 0 Å². The maximum Gasteiger partial charge on any atom is 0.124 e. The van der Waals surface area contributed by atoms with E-state index in [0.29, 0.717) is 5.56 Å². The third-order valence-corrected chi connectivity index (χ3v) is 2.55. The Morgan fingerprint density at radius 3 is 2.44 bits per heavy atom. The fraction of sp³-hybridized carbons (Fsp3) is 0.125. The van der Waals surface area contributed by atoms with Gasteiger partial charge in [0.25, 0.3) is 0 Å². The van der Waals surface area contributed by atoms with Crippen LogP contribution in [0.5, 0.6) is 0 Å². The zero-order chi connectivity index (χ0) is 13.0. The fourth-order valence-corrected chi connectivity index (χ4v) is 1.68. The molecule has 0 saturated carbocycles. The highest BCUT2D eigenvalue weighted by Gasteiger charge is 1.99. The summed E-state index contributed by atoms with van der Waals surface area (Å²) in [5.74, 6) is 5.80. The topological polar surface area (TPSA) is 3.24 Å². The highest BCUT2D eigenvalue weighted by Crippen LogP contribution is 2.16. The summed E-state index contributed by atoms with van der Waals surface area (Å²) in [5, 5.41) is 0. The van der Waals surface area contributed by atoms with Crippen LogP contribution in [0.2, 0.25) is 0 Å². The van der Waals surface area contributed by atoms with Crippen molar-refractivity contribution in [3.63, 3.8) is 0 Å². The predicted molar refractivity (Wildman–Crippen MR) is 73.1 cm³/mol. The Balaban J connectivity index is 2.36. The number of benzene rings is 2. The first kappa shape index (κ1) is 12.2. The van der Waals surface area contributed by atoms with E-state index >= 15 is 0 Å². The molecule has 2 rings (SSSR count). The van der Waals surface area contributed by atoms with Gasteiger partial charge < -0.3 is 4.90 Å². The SMILES string of the molecule is CN(C)c1ccccc1C#Cc1cccc(F)c1. The average Bonchev–Trinajstić information content (AvgIpc) is 2.37. The zero-order valence-corrected chi connectivity index (χ0v) is 10.4. The number of rotatable bonds is 1. The Bertz CT molecular complexity index is 606. The van der Waals surface area contributed by atoms with Gasteiger partial charge in [-0.3, -0.25) is 0 Å². The van der Waals surface area contributed by atoms with Gasteiger partial charge in [0.05, 0.1) is 5.69 Å². The summed E-state index contributed by atoms with van der Waals surface area (Å²) in [5.41, 5.74) is 2.68. The van der Waals surface area contributed by atoms with Crippen LogP contribution in [-0.4, -0.2) is 14.1 Å². The molecule has 18 heavy (non-hydrogen) atoms. The quantitative estimate of drug-likeness (QED) is 0.690. The summed E-state index contributed by atoms with van der Waals surface area (Å²) in [7, 11) is 3.95. The van der Waals surface area contributed by atoms with Crippen molar-refractivity contribution in [2.24, 2.45) is 0 Å². The van der Waals surface area contributed by atoms with Gasteiger partial charge in [0.2, 0.25) is 0 Å². The first-order chi connectivity index (χ1) is 8.66. The molecule has 0 aliphatic rings. The van der Waals surface area contributed by atoms with Crippen LogP contribution in [0, 0.1) is 17.7 Å². The number of hydrogen-bond acceptors (Lipinski definition) is 1. The lowest BCUT2D eigenvalue weighted by molar-refractivity contribution is 0.627. The second-order valence-electron chi connectivity index (χ2n) is 4.17. The van der Waals surface area contributed by atoms with Crippen LogP contribution in [0.4, 0.5) is 10.1 Å². The lowest BCUT2D eigenvalue weighted by Gasteiger charge is -2.13. The summed E-state index contributed by atoms with van der Waals surface area (Å²) in [6.07, 6.45) is 0. The number of halogens is 1. The van der Waals surface area contributed by atoms with Gasteiger partial charge in [-0.05, 0) is 30.3 Å². The minimum Gasteiger partial charge on any atom is -0.377 e. The van der Waals surface area contributed by atoms with Gasteiger partial charge in [0.1, 0.15) is 5.82 Å². The molecule has 2 aromatic carbocycles. The predicted octanol–water partition coefficient (Wildman–Crippen LogP) is 3.29. The van der Waals surface area contributed by atoms with E-state index in [0.717, 1.165) is 11.3 Å². The van der Waals surface area contributed by atoms with Gasteiger partial charge in [0.15, 0.2) is 0 Å². The van der Waals surface area contributed by atoms with Crippen molar-refractivity contribution >= 4 is 5.69 Å². The second kappa shape index (κ2) is 5.37. The van der Waals surface area contributed by atoms with Crippen LogP contribution >= 0.6 is 0 Å². The molecule has 0 spiro atoms. The average molecular weight is 239 g/mol. The molecule has 0 radical (unpaired) electrons. The summed E-state index contributed by atoms with van der Waals surface area (Å²) >= 11 is 0. The van der Waals surface area contributed by atoms with Gasteiger partial charge in [-0.15, -0.1) is 0 Å². The van der Waals surface area contributed by atoms with E-state index in [1.165, 1.54) is 12.1 Å². The Labute approximate surface area is 107 Å². The fourth-order valence-electron chi connectivity index (χ4n) is 1.68. The molecular formula is C16H14FN. The van der Waals surface area contributed by atoms with Crippen molar-refractivity contribution in [3.05, 3.63) is 65.5 Å². The van der Waals surface area contributed by atoms with Crippen molar-refractivity contribution in [2.45, 2.75) is 0 Å². The van der Waals surface area contributed by atoms with Crippen LogP contribution in [0.15, 0.2) is 48.5 Å². The van der Waals surface area contributed by atoms with Gasteiger partial charge in [-0.1, -0.05) is 30.0 Å². The normalized spacial score (nSPS) is 9.50. The molecule has 0 fully saturated rings. The van der Waals surface area contributed by atoms with Crippen LogP contribution < -0.4 is 4.90 Å². The largest absolute Gasteiger partial charge is 0.377 e. The molecule has 90 valence electrons. The van der Waals surface area contributed by atoms with E-state index in [9.17, 15) is 4.39 Å².